The predicted molar refractivity (Wildman–Crippen MR) is 120 cm³/mol. The molecule has 1 heterocycles. The number of halogens is 1. The second-order valence-corrected chi connectivity index (χ2v) is 6.95. The van der Waals surface area contributed by atoms with E-state index in [1.54, 1.807) is 25.1 Å². The van der Waals surface area contributed by atoms with Crippen LogP contribution in [0.2, 0.25) is 0 Å². The van der Waals surface area contributed by atoms with Crippen molar-refractivity contribution in [1.82, 2.24) is 25.6 Å². The molecule has 0 spiro atoms. The molecule has 164 valence electrons. The van der Waals surface area contributed by atoms with Crippen molar-refractivity contribution in [2.45, 2.75) is 6.92 Å². The summed E-state index contributed by atoms with van der Waals surface area (Å²) in [4.78, 5) is 24.6. The number of aromatic nitrogens is 4. The molecule has 2 amide bonds. The van der Waals surface area contributed by atoms with E-state index < -0.39 is 17.6 Å². The van der Waals surface area contributed by atoms with Crippen LogP contribution in [0.5, 0.6) is 0 Å². The van der Waals surface area contributed by atoms with Crippen molar-refractivity contribution in [1.29, 1.82) is 0 Å². The molecule has 9 nitrogen and oxygen atoms in total. The lowest BCUT2D eigenvalue weighted by molar-refractivity contribution is 0.0954. The van der Waals surface area contributed by atoms with E-state index in [2.05, 4.69) is 31.4 Å². The Labute approximate surface area is 187 Å². The fraction of sp³-hybridized carbons (Fsp3) is 0.0435. The van der Waals surface area contributed by atoms with Crippen LogP contribution in [0.25, 0.3) is 5.69 Å². The van der Waals surface area contributed by atoms with Gasteiger partial charge in [0.15, 0.2) is 0 Å². The van der Waals surface area contributed by atoms with Crippen molar-refractivity contribution in [2.24, 2.45) is 5.10 Å². The third-order valence-corrected chi connectivity index (χ3v) is 4.75. The second kappa shape index (κ2) is 9.60. The lowest BCUT2D eigenvalue weighted by atomic mass is 10.1. The number of hydrogen-bond acceptors (Lipinski definition) is 6. The lowest BCUT2D eigenvalue weighted by Gasteiger charge is -2.07. The number of nitrogens with one attached hydrogen (secondary N) is 2. The summed E-state index contributed by atoms with van der Waals surface area (Å²) in [6.45, 7) is 1.77. The molecule has 0 aliphatic carbocycles. The molecule has 0 unspecified atom stereocenters. The molecule has 0 aliphatic heterocycles. The van der Waals surface area contributed by atoms with Crippen molar-refractivity contribution >= 4 is 23.2 Å². The summed E-state index contributed by atoms with van der Waals surface area (Å²) in [5.41, 5.74) is 5.45. The van der Waals surface area contributed by atoms with Gasteiger partial charge in [0.25, 0.3) is 11.8 Å². The Kier molecular flexibility index (Phi) is 6.26. The van der Waals surface area contributed by atoms with Crippen LogP contribution >= 0.6 is 0 Å². The van der Waals surface area contributed by atoms with Crippen LogP contribution in [0.15, 0.2) is 84.2 Å². The highest BCUT2D eigenvalue weighted by molar-refractivity contribution is 6.05. The summed E-state index contributed by atoms with van der Waals surface area (Å²) < 4.78 is 15.3. The minimum Gasteiger partial charge on any atom is -0.322 e. The number of nitrogens with zero attached hydrogens (tertiary/aromatic N) is 5. The summed E-state index contributed by atoms with van der Waals surface area (Å²) in [5.74, 6) is -1.59. The lowest BCUT2D eigenvalue weighted by Crippen LogP contribution is -2.19. The number of hydrazone groups is 1. The molecular weight excluding hydrogens is 425 g/mol. The Morgan fingerprint density at radius 2 is 1.61 bits per heavy atom. The van der Waals surface area contributed by atoms with E-state index in [1.807, 2.05) is 24.3 Å². The van der Waals surface area contributed by atoms with E-state index in [9.17, 15) is 14.0 Å². The molecule has 0 aliphatic rings. The van der Waals surface area contributed by atoms with Crippen LogP contribution in [0.3, 0.4) is 0 Å². The first-order valence-electron chi connectivity index (χ1n) is 9.85. The topological polar surface area (TPSA) is 114 Å². The standard InChI is InChI=1S/C23H18FN7O2/c1-15(16-8-12-19(13-9-16)31-14-25-29-30-31)27-28-22(32)17-6-10-18(11-7-17)26-23(33)20-4-2-3-5-21(20)24/h2-14H,1H3,(H,26,33)(H,28,32)/b27-15-. The highest BCUT2D eigenvalue weighted by Crippen LogP contribution is 2.14. The maximum Gasteiger partial charge on any atom is 0.271 e. The van der Waals surface area contributed by atoms with Crippen LogP contribution in [0, 0.1) is 5.82 Å². The smallest absolute Gasteiger partial charge is 0.271 e. The van der Waals surface area contributed by atoms with Gasteiger partial charge in [-0.1, -0.05) is 24.3 Å². The number of amides is 2. The summed E-state index contributed by atoms with van der Waals surface area (Å²) >= 11 is 0. The Balaban J connectivity index is 1.37. The van der Waals surface area contributed by atoms with Gasteiger partial charge in [0.1, 0.15) is 12.1 Å². The Bertz CT molecular complexity index is 1300. The Hall–Kier alpha value is -4.73. The van der Waals surface area contributed by atoms with Crippen molar-refractivity contribution in [3.8, 4) is 5.69 Å². The average Bonchev–Trinajstić information content (AvgIpc) is 3.38. The van der Waals surface area contributed by atoms with Crippen molar-refractivity contribution in [3.05, 3.63) is 102 Å². The fourth-order valence-electron chi connectivity index (χ4n) is 2.95. The van der Waals surface area contributed by atoms with Gasteiger partial charge < -0.3 is 5.32 Å². The average molecular weight is 443 g/mol. The molecule has 3 aromatic carbocycles. The van der Waals surface area contributed by atoms with Crippen molar-refractivity contribution < 1.29 is 14.0 Å². The van der Waals surface area contributed by atoms with Crippen molar-refractivity contribution in [2.75, 3.05) is 5.32 Å². The number of anilines is 1. The van der Waals surface area contributed by atoms with Gasteiger partial charge in [-0.2, -0.15) is 5.10 Å². The van der Waals surface area contributed by atoms with Crippen LogP contribution < -0.4 is 10.7 Å². The normalized spacial score (nSPS) is 11.2. The maximum atomic E-state index is 13.7. The quantitative estimate of drug-likeness (QED) is 0.351. The maximum absolute atomic E-state index is 13.7. The van der Waals surface area contributed by atoms with Gasteiger partial charge in [0.2, 0.25) is 0 Å². The third kappa shape index (κ3) is 5.13. The zero-order valence-electron chi connectivity index (χ0n) is 17.4. The van der Waals surface area contributed by atoms with E-state index in [0.717, 1.165) is 11.3 Å². The highest BCUT2D eigenvalue weighted by Gasteiger charge is 2.12. The van der Waals surface area contributed by atoms with E-state index >= 15 is 0 Å². The van der Waals surface area contributed by atoms with Crippen LogP contribution in [-0.2, 0) is 0 Å². The zero-order valence-corrected chi connectivity index (χ0v) is 17.4. The van der Waals surface area contributed by atoms with Gasteiger partial charge in [-0.3, -0.25) is 9.59 Å². The molecule has 0 bridgehead atoms. The van der Waals surface area contributed by atoms with Crippen LogP contribution in [0.4, 0.5) is 10.1 Å². The molecule has 0 saturated heterocycles. The number of tetrazole rings is 1. The molecule has 0 fully saturated rings. The number of carbonyl (C=O) groups is 2. The predicted octanol–water partition coefficient (Wildman–Crippen LogP) is 3.21. The molecule has 10 heteroatoms. The van der Waals surface area contributed by atoms with Gasteiger partial charge in [-0.05, 0) is 71.4 Å². The second-order valence-electron chi connectivity index (χ2n) is 6.95. The Morgan fingerprint density at radius 1 is 0.909 bits per heavy atom. The zero-order chi connectivity index (χ0) is 23.2. The molecule has 33 heavy (non-hydrogen) atoms. The highest BCUT2D eigenvalue weighted by atomic mass is 19.1. The molecule has 4 aromatic rings. The Morgan fingerprint density at radius 3 is 2.27 bits per heavy atom. The molecule has 4 rings (SSSR count). The monoisotopic (exact) mass is 443 g/mol. The molecular formula is C23H18FN7O2. The van der Waals surface area contributed by atoms with Gasteiger partial charge in [-0.15, -0.1) is 5.10 Å². The SMILES string of the molecule is C/C(=N/NC(=O)c1ccc(NC(=O)c2ccccc2F)cc1)c1ccc(-n2cnnn2)cc1. The number of carbonyl (C=O) groups excluding carboxylic acids is 2. The molecule has 2 N–H and O–H groups in total. The minimum absolute atomic E-state index is 0.0601. The first-order chi connectivity index (χ1) is 16.0. The van der Waals surface area contributed by atoms with Crippen molar-refractivity contribution in [3.63, 3.8) is 0 Å². The summed E-state index contributed by atoms with van der Waals surface area (Å²) in [6.07, 6.45) is 1.49. The van der Waals surface area contributed by atoms with E-state index in [0.29, 0.717) is 17.0 Å². The fourth-order valence-corrected chi connectivity index (χ4v) is 2.95. The minimum atomic E-state index is -0.607. The summed E-state index contributed by atoms with van der Waals surface area (Å²) in [7, 11) is 0. The number of benzene rings is 3. The number of rotatable bonds is 6. The van der Waals surface area contributed by atoms with E-state index in [1.165, 1.54) is 41.3 Å². The molecule has 0 saturated carbocycles. The van der Waals surface area contributed by atoms with Gasteiger partial charge >= 0.3 is 0 Å². The first-order valence-corrected chi connectivity index (χ1v) is 9.85. The third-order valence-electron chi connectivity index (χ3n) is 4.75. The molecule has 0 atom stereocenters. The summed E-state index contributed by atoms with van der Waals surface area (Å²) in [5, 5.41) is 17.8. The molecule has 1 aromatic heterocycles. The van der Waals surface area contributed by atoms with E-state index in [-0.39, 0.29) is 5.56 Å². The van der Waals surface area contributed by atoms with Crippen LogP contribution in [-0.4, -0.2) is 37.7 Å². The summed E-state index contributed by atoms with van der Waals surface area (Å²) in [6, 6.07) is 19.2. The van der Waals surface area contributed by atoms with E-state index in [4.69, 9.17) is 0 Å². The molecule has 0 radical (unpaired) electrons. The number of hydrogen-bond donors (Lipinski definition) is 2. The van der Waals surface area contributed by atoms with Gasteiger partial charge in [0, 0.05) is 11.3 Å². The largest absolute Gasteiger partial charge is 0.322 e. The first kappa shape index (κ1) is 21.5. The van der Waals surface area contributed by atoms with Gasteiger partial charge in [0.05, 0.1) is 17.0 Å². The van der Waals surface area contributed by atoms with Crippen LogP contribution in [0.1, 0.15) is 33.2 Å². The van der Waals surface area contributed by atoms with Gasteiger partial charge in [-0.25, -0.2) is 14.5 Å².